The van der Waals surface area contributed by atoms with Crippen molar-refractivity contribution in [3.63, 3.8) is 0 Å². The lowest BCUT2D eigenvalue weighted by Crippen LogP contribution is -2.48. The highest BCUT2D eigenvalue weighted by Gasteiger charge is 2.44. The van der Waals surface area contributed by atoms with Crippen LogP contribution in [0.25, 0.3) is 0 Å². The van der Waals surface area contributed by atoms with Crippen molar-refractivity contribution >= 4 is 68.1 Å². The van der Waals surface area contributed by atoms with Gasteiger partial charge in [0.1, 0.15) is 0 Å². The molecule has 0 aromatic heterocycles. The van der Waals surface area contributed by atoms with Crippen LogP contribution < -0.4 is 15.1 Å². The molecule has 1 N–H and O–H groups in total. The number of carbonyl (C=O) groups is 1. The molecule has 6 fully saturated rings. The second kappa shape index (κ2) is 17.4. The predicted octanol–water partition coefficient (Wildman–Crippen LogP) is 11.2. The Hall–Kier alpha value is -2.99. The summed E-state index contributed by atoms with van der Waals surface area (Å²) in [5, 5.41) is 3.22. The van der Waals surface area contributed by atoms with Gasteiger partial charge in [-0.05, 0) is 165 Å². The smallest absolute Gasteiger partial charge is 0.253 e. The van der Waals surface area contributed by atoms with Crippen LogP contribution in [0.1, 0.15) is 87.4 Å². The zero-order chi connectivity index (χ0) is 40.0. The lowest BCUT2D eigenvalue weighted by atomic mass is 9.95. The fourth-order valence-electron chi connectivity index (χ4n) is 11.4. The van der Waals surface area contributed by atoms with Crippen LogP contribution in [0.4, 0.5) is 22.7 Å². The molecule has 7 nitrogen and oxygen atoms in total. The lowest BCUT2D eigenvalue weighted by Gasteiger charge is -2.45. The van der Waals surface area contributed by atoms with Crippen LogP contribution in [0.2, 0.25) is 0 Å². The van der Waals surface area contributed by atoms with E-state index < -0.39 is 0 Å². The van der Waals surface area contributed by atoms with Crippen LogP contribution in [-0.4, -0.2) is 97.1 Å². The van der Waals surface area contributed by atoms with Crippen molar-refractivity contribution < 1.29 is 4.79 Å². The van der Waals surface area contributed by atoms with Gasteiger partial charge in [0, 0.05) is 79.0 Å². The van der Waals surface area contributed by atoms with E-state index in [-0.39, 0.29) is 5.91 Å². The first kappa shape index (κ1) is 40.1. The lowest BCUT2D eigenvalue weighted by molar-refractivity contribution is 0.0792. The minimum atomic E-state index is 0.193. The molecule has 310 valence electrons. The van der Waals surface area contributed by atoms with Crippen molar-refractivity contribution in [3.8, 4) is 0 Å². The number of nitrogens with zero attached hydrogens (tertiary/aromatic N) is 5. The SMILES string of the molecule is C1CCNC1.CN1C2CCC1CC(N1c3ccccc3Sc3cc(Br)ccc31)C2.CN1C2CCC1CC(N1c3ccccc3Sc3cc(C(=O)N4CCCC4)ccc31)C2. The molecule has 8 heterocycles. The van der Waals surface area contributed by atoms with E-state index >= 15 is 0 Å². The van der Waals surface area contributed by atoms with E-state index in [1.807, 2.05) is 28.4 Å². The molecule has 0 spiro atoms. The number of carbonyl (C=O) groups excluding carboxylic acids is 1. The number of hydrogen-bond donors (Lipinski definition) is 1. The van der Waals surface area contributed by atoms with E-state index in [0.29, 0.717) is 24.2 Å². The molecule has 4 aromatic carbocycles. The van der Waals surface area contributed by atoms with Gasteiger partial charge in [0.15, 0.2) is 0 Å². The third-order valence-electron chi connectivity index (χ3n) is 14.6. The number of anilines is 4. The van der Waals surface area contributed by atoms with E-state index in [0.717, 1.165) is 48.1 Å². The Morgan fingerprint density at radius 3 is 1.51 bits per heavy atom. The molecule has 10 heteroatoms. The standard InChI is InChI=1S/C25H29N3OS.C20H21BrN2S.C4H9N/c1-26-18-9-10-19(26)16-20(15-18)28-21-6-2-3-7-23(21)30-24-14-17(8-11-22(24)28)25(29)27-12-4-5-13-27;1-22-14-7-8-15(22)12-16(11-14)23-17-4-2-3-5-19(17)24-20-10-13(21)6-9-18(20)23;1-2-4-5-3-1/h2-3,6-8,11,14,18-20H,4-5,9-10,12-13,15-16H2,1H3;2-6,9-10,14-16H,7-8,11-12H2,1H3;5H,1-4H2. The zero-order valence-corrected chi connectivity index (χ0v) is 37.9. The fourth-order valence-corrected chi connectivity index (χ4v) is 14.1. The molecule has 12 rings (SSSR count). The first-order valence-corrected chi connectivity index (χ1v) is 24.8. The molecule has 8 aliphatic rings. The number of hydrogen-bond acceptors (Lipinski definition) is 8. The maximum atomic E-state index is 13.0. The summed E-state index contributed by atoms with van der Waals surface area (Å²) in [4.78, 5) is 30.8. The average molecular weight is 892 g/mol. The van der Waals surface area contributed by atoms with Gasteiger partial charge >= 0.3 is 0 Å². The van der Waals surface area contributed by atoms with Gasteiger partial charge in [-0.3, -0.25) is 4.79 Å². The number of fused-ring (bicyclic) bond motifs is 8. The number of halogens is 1. The average Bonchev–Trinajstić information content (AvgIpc) is 4.08. The van der Waals surface area contributed by atoms with Crippen LogP contribution in [-0.2, 0) is 0 Å². The molecule has 8 aliphatic heterocycles. The minimum absolute atomic E-state index is 0.193. The summed E-state index contributed by atoms with van der Waals surface area (Å²) in [5.41, 5.74) is 6.24. The van der Waals surface area contributed by atoms with Gasteiger partial charge < -0.3 is 29.8 Å². The van der Waals surface area contributed by atoms with Gasteiger partial charge in [-0.2, -0.15) is 0 Å². The van der Waals surface area contributed by atoms with Gasteiger partial charge in [-0.15, -0.1) is 0 Å². The third-order valence-corrected chi connectivity index (χ3v) is 17.3. The van der Waals surface area contributed by atoms with Crippen LogP contribution in [0.5, 0.6) is 0 Å². The summed E-state index contributed by atoms with van der Waals surface area (Å²) in [5.74, 6) is 0.193. The predicted molar refractivity (Wildman–Crippen MR) is 248 cm³/mol. The van der Waals surface area contributed by atoms with Crippen LogP contribution in [0, 0.1) is 0 Å². The summed E-state index contributed by atoms with van der Waals surface area (Å²) in [6.07, 6.45) is 15.4. The molecule has 6 saturated heterocycles. The monoisotopic (exact) mass is 890 g/mol. The quantitative estimate of drug-likeness (QED) is 0.218. The summed E-state index contributed by atoms with van der Waals surface area (Å²) in [6, 6.07) is 34.9. The topological polar surface area (TPSA) is 45.3 Å². The van der Waals surface area contributed by atoms with E-state index in [2.05, 4.69) is 140 Å². The van der Waals surface area contributed by atoms with Gasteiger partial charge in [0.2, 0.25) is 0 Å². The number of piperidine rings is 2. The highest BCUT2D eigenvalue weighted by molar-refractivity contribution is 9.10. The van der Waals surface area contributed by atoms with Gasteiger partial charge in [0.05, 0.1) is 22.7 Å². The van der Waals surface area contributed by atoms with Crippen LogP contribution in [0.3, 0.4) is 0 Å². The Morgan fingerprint density at radius 2 is 1.02 bits per heavy atom. The number of amides is 1. The Labute approximate surface area is 368 Å². The van der Waals surface area contributed by atoms with Crippen molar-refractivity contribution in [1.82, 2.24) is 20.0 Å². The Balaban J connectivity index is 0.000000130. The van der Waals surface area contributed by atoms with Gasteiger partial charge in [-0.25, -0.2) is 0 Å². The van der Waals surface area contributed by atoms with Gasteiger partial charge in [-0.1, -0.05) is 63.7 Å². The molecule has 1 amide bonds. The van der Waals surface area contributed by atoms with Crippen LogP contribution >= 0.6 is 39.5 Å². The normalized spacial score (nSPS) is 27.8. The molecule has 0 saturated carbocycles. The summed E-state index contributed by atoms with van der Waals surface area (Å²) in [7, 11) is 4.63. The van der Waals surface area contributed by atoms with E-state index in [4.69, 9.17) is 0 Å². The number of likely N-dealkylation sites (tertiary alicyclic amines) is 1. The van der Waals surface area contributed by atoms with Gasteiger partial charge in [0.25, 0.3) is 5.91 Å². The maximum absolute atomic E-state index is 13.0. The molecule has 4 bridgehead atoms. The second-order valence-electron chi connectivity index (χ2n) is 18.0. The molecule has 0 radical (unpaired) electrons. The molecule has 59 heavy (non-hydrogen) atoms. The van der Waals surface area contributed by atoms with Crippen molar-refractivity contribution in [2.75, 3.05) is 50.1 Å². The maximum Gasteiger partial charge on any atom is 0.253 e. The molecular weight excluding hydrogens is 833 g/mol. The van der Waals surface area contributed by atoms with Crippen LogP contribution in [0.15, 0.2) is 109 Å². The summed E-state index contributed by atoms with van der Waals surface area (Å²) < 4.78 is 1.16. The Bertz CT molecular complexity index is 2120. The Kier molecular flexibility index (Phi) is 11.8. The molecule has 4 aromatic rings. The number of nitrogens with one attached hydrogen (secondary N) is 1. The molecule has 4 atom stereocenters. The largest absolute Gasteiger partial charge is 0.339 e. The summed E-state index contributed by atoms with van der Waals surface area (Å²) in [6.45, 7) is 4.30. The van der Waals surface area contributed by atoms with Crippen molar-refractivity contribution in [3.05, 3.63) is 95.0 Å². The van der Waals surface area contributed by atoms with E-state index in [1.54, 1.807) is 0 Å². The highest BCUT2D eigenvalue weighted by Crippen LogP contribution is 2.53. The minimum Gasteiger partial charge on any atom is -0.339 e. The van der Waals surface area contributed by atoms with Crippen molar-refractivity contribution in [2.45, 2.75) is 133 Å². The third kappa shape index (κ3) is 8.00. The fraction of sp³-hybridized carbons (Fsp3) is 0.490. The first-order chi connectivity index (χ1) is 28.9. The van der Waals surface area contributed by atoms with E-state index in [1.165, 1.54) is 120 Å². The molecule has 4 unspecified atom stereocenters. The Morgan fingerprint density at radius 1 is 0.559 bits per heavy atom. The number of benzene rings is 4. The second-order valence-corrected chi connectivity index (χ2v) is 21.1. The highest BCUT2D eigenvalue weighted by atomic mass is 79.9. The number of rotatable bonds is 3. The van der Waals surface area contributed by atoms with E-state index in [9.17, 15) is 4.79 Å². The molecular formula is C49H59BrN6OS2. The first-order valence-electron chi connectivity index (χ1n) is 22.4. The zero-order valence-electron chi connectivity index (χ0n) is 34.7. The number of para-hydroxylation sites is 2. The summed E-state index contributed by atoms with van der Waals surface area (Å²) >= 11 is 7.36. The van der Waals surface area contributed by atoms with Crippen molar-refractivity contribution in [1.29, 1.82) is 0 Å². The van der Waals surface area contributed by atoms with Crippen molar-refractivity contribution in [2.24, 2.45) is 0 Å². The molecule has 0 aliphatic carbocycles.